The maximum absolute atomic E-state index is 11.8. The molecule has 1 nitrogen and oxygen atoms in total. The Kier molecular flexibility index (Phi) is 5.54. The average molecular weight is 334 g/mol. The van der Waals surface area contributed by atoms with E-state index in [1.165, 1.54) is 11.1 Å². The number of benzene rings is 1. The molecule has 0 saturated heterocycles. The second kappa shape index (κ2) is 6.44. The number of hydrogen-bond acceptors (Lipinski definition) is 1. The highest BCUT2D eigenvalue weighted by molar-refractivity contribution is 9.09. The first-order valence-corrected chi connectivity index (χ1v) is 7.24. The summed E-state index contributed by atoms with van der Waals surface area (Å²) in [5.74, 6) is 0.228. The van der Waals surface area contributed by atoms with Crippen molar-refractivity contribution < 1.29 is 4.79 Å². The summed E-state index contributed by atoms with van der Waals surface area (Å²) in [6, 6.07) is 5.95. The molecule has 0 radical (unpaired) electrons. The molecule has 0 amide bonds. The first-order chi connectivity index (χ1) is 7.24. The Morgan fingerprint density at radius 1 is 1.33 bits per heavy atom. The number of Topliss-reactive ketones (excluding diaryl/α,β-unsaturated/α-hetero) is 1. The molecule has 0 bridgehead atoms. The quantitative estimate of drug-likeness (QED) is 0.585. The zero-order valence-corrected chi connectivity index (χ0v) is 11.9. The van der Waals surface area contributed by atoms with Crippen molar-refractivity contribution in [3.05, 3.63) is 34.9 Å². The lowest BCUT2D eigenvalue weighted by Crippen LogP contribution is -2.06. The zero-order chi connectivity index (χ0) is 11.3. The molecule has 0 fully saturated rings. The Hall–Kier alpha value is -0.150. The summed E-state index contributed by atoms with van der Waals surface area (Å²) in [4.78, 5) is 11.8. The van der Waals surface area contributed by atoms with Gasteiger partial charge in [-0.3, -0.25) is 4.79 Å². The Morgan fingerprint density at radius 2 is 2.07 bits per heavy atom. The van der Waals surface area contributed by atoms with Gasteiger partial charge in [-0.25, -0.2) is 0 Å². The second-order valence-electron chi connectivity index (χ2n) is 3.29. The summed E-state index contributed by atoms with van der Waals surface area (Å²) in [7, 11) is 0. The van der Waals surface area contributed by atoms with Crippen molar-refractivity contribution in [3.8, 4) is 0 Å². The molecule has 0 heterocycles. The minimum absolute atomic E-state index is 0.228. The van der Waals surface area contributed by atoms with Crippen molar-refractivity contribution in [2.45, 2.75) is 25.1 Å². The molecule has 1 aromatic carbocycles. The van der Waals surface area contributed by atoms with Crippen LogP contribution in [0.5, 0.6) is 0 Å². The van der Waals surface area contributed by atoms with Crippen LogP contribution in [-0.4, -0.2) is 11.1 Å². The van der Waals surface area contributed by atoms with Crippen molar-refractivity contribution in [2.24, 2.45) is 0 Å². The van der Waals surface area contributed by atoms with Gasteiger partial charge >= 0.3 is 0 Å². The fourth-order valence-electron chi connectivity index (χ4n) is 1.66. The summed E-state index contributed by atoms with van der Waals surface area (Å²) in [5.41, 5.74) is 3.28. The van der Waals surface area contributed by atoms with Crippen LogP contribution >= 0.6 is 31.9 Å². The van der Waals surface area contributed by atoms with E-state index in [2.05, 4.69) is 44.8 Å². The van der Waals surface area contributed by atoms with Crippen LogP contribution in [-0.2, 0) is 11.8 Å². The fraction of sp³-hybridized carbons (Fsp3) is 0.417. The van der Waals surface area contributed by atoms with Crippen LogP contribution in [0.3, 0.4) is 0 Å². The molecule has 0 unspecified atom stereocenters. The fourth-order valence-corrected chi connectivity index (χ4v) is 2.54. The minimum atomic E-state index is 0.228. The lowest BCUT2D eigenvalue weighted by Gasteiger charge is -2.10. The van der Waals surface area contributed by atoms with Gasteiger partial charge in [0.05, 0.1) is 0 Å². The number of carbonyl (C=O) groups excluding carboxylic acids is 1. The third-order valence-corrected chi connectivity index (χ3v) is 3.39. The van der Waals surface area contributed by atoms with Crippen LogP contribution in [0, 0.1) is 0 Å². The highest BCUT2D eigenvalue weighted by atomic mass is 79.9. The Balaban J connectivity index is 3.11. The first-order valence-electron chi connectivity index (χ1n) is 5.00. The van der Waals surface area contributed by atoms with Gasteiger partial charge in [-0.1, -0.05) is 57.0 Å². The molecule has 1 rings (SSSR count). The monoisotopic (exact) mass is 332 g/mol. The topological polar surface area (TPSA) is 17.1 Å². The van der Waals surface area contributed by atoms with E-state index in [0.29, 0.717) is 6.42 Å². The zero-order valence-electron chi connectivity index (χ0n) is 8.72. The first kappa shape index (κ1) is 12.9. The average Bonchev–Trinajstić information content (AvgIpc) is 2.28. The molecule has 0 N–H and O–H groups in total. The standard InChI is InChI=1S/C12H14Br2O/c1-2-10-9(8-14)4-3-5-11(10)12(15)6-7-13/h3-5H,2,6-8H2,1H3. The van der Waals surface area contributed by atoms with Crippen molar-refractivity contribution in [3.63, 3.8) is 0 Å². The van der Waals surface area contributed by atoms with E-state index >= 15 is 0 Å². The van der Waals surface area contributed by atoms with Gasteiger partial charge < -0.3 is 0 Å². The van der Waals surface area contributed by atoms with Gasteiger partial charge in [-0.05, 0) is 17.5 Å². The smallest absolute Gasteiger partial charge is 0.163 e. The van der Waals surface area contributed by atoms with E-state index in [4.69, 9.17) is 0 Å². The highest BCUT2D eigenvalue weighted by Gasteiger charge is 2.12. The summed E-state index contributed by atoms with van der Waals surface area (Å²) >= 11 is 6.75. The van der Waals surface area contributed by atoms with E-state index < -0.39 is 0 Å². The van der Waals surface area contributed by atoms with Crippen LogP contribution in [0.1, 0.15) is 34.8 Å². The number of ketones is 1. The van der Waals surface area contributed by atoms with Crippen molar-refractivity contribution in [1.82, 2.24) is 0 Å². The van der Waals surface area contributed by atoms with Crippen molar-refractivity contribution in [1.29, 1.82) is 0 Å². The Labute approximate surface area is 108 Å². The van der Waals surface area contributed by atoms with Gasteiger partial charge in [0.1, 0.15) is 0 Å². The summed E-state index contributed by atoms with van der Waals surface area (Å²) in [6.07, 6.45) is 1.48. The van der Waals surface area contributed by atoms with Gasteiger partial charge in [-0.15, -0.1) is 0 Å². The molecule has 0 aromatic heterocycles. The molecule has 0 aliphatic carbocycles. The molecule has 0 saturated carbocycles. The summed E-state index contributed by atoms with van der Waals surface area (Å²) in [5, 5.41) is 1.54. The predicted molar refractivity (Wildman–Crippen MR) is 71.2 cm³/mol. The summed E-state index contributed by atoms with van der Waals surface area (Å²) in [6.45, 7) is 2.09. The maximum atomic E-state index is 11.8. The molecular formula is C12H14Br2O. The molecule has 0 aliphatic heterocycles. The van der Waals surface area contributed by atoms with Gasteiger partial charge in [0.15, 0.2) is 5.78 Å². The van der Waals surface area contributed by atoms with Crippen molar-refractivity contribution >= 4 is 37.6 Å². The van der Waals surface area contributed by atoms with E-state index in [1.54, 1.807) is 0 Å². The molecule has 0 spiro atoms. The molecular weight excluding hydrogens is 320 g/mol. The molecule has 0 aliphatic rings. The predicted octanol–water partition coefficient (Wildman–Crippen LogP) is 4.11. The number of alkyl halides is 2. The van der Waals surface area contributed by atoms with E-state index in [0.717, 1.165) is 22.6 Å². The van der Waals surface area contributed by atoms with Crippen LogP contribution in [0.15, 0.2) is 18.2 Å². The Morgan fingerprint density at radius 3 is 2.60 bits per heavy atom. The number of carbonyl (C=O) groups is 1. The normalized spacial score (nSPS) is 10.3. The third kappa shape index (κ3) is 3.15. The lowest BCUT2D eigenvalue weighted by molar-refractivity contribution is 0.0989. The lowest BCUT2D eigenvalue weighted by atomic mass is 9.96. The molecule has 3 heteroatoms. The van der Waals surface area contributed by atoms with Gasteiger partial charge in [0, 0.05) is 22.6 Å². The largest absolute Gasteiger partial charge is 0.294 e. The SMILES string of the molecule is CCc1c(CBr)cccc1C(=O)CCBr. The van der Waals surface area contributed by atoms with Crippen LogP contribution in [0.4, 0.5) is 0 Å². The number of hydrogen-bond donors (Lipinski definition) is 0. The molecule has 82 valence electrons. The third-order valence-electron chi connectivity index (χ3n) is 2.39. The number of rotatable bonds is 5. The molecule has 15 heavy (non-hydrogen) atoms. The molecule has 1 aromatic rings. The van der Waals surface area contributed by atoms with E-state index in [9.17, 15) is 4.79 Å². The van der Waals surface area contributed by atoms with Crippen molar-refractivity contribution in [2.75, 3.05) is 5.33 Å². The minimum Gasteiger partial charge on any atom is -0.294 e. The van der Waals surface area contributed by atoms with Crippen LogP contribution < -0.4 is 0 Å². The van der Waals surface area contributed by atoms with Gasteiger partial charge in [0.25, 0.3) is 0 Å². The maximum Gasteiger partial charge on any atom is 0.163 e. The van der Waals surface area contributed by atoms with Crippen LogP contribution in [0.2, 0.25) is 0 Å². The van der Waals surface area contributed by atoms with E-state index in [-0.39, 0.29) is 5.78 Å². The highest BCUT2D eigenvalue weighted by Crippen LogP contribution is 2.20. The molecule has 0 atom stereocenters. The van der Waals surface area contributed by atoms with E-state index in [1.807, 2.05) is 12.1 Å². The van der Waals surface area contributed by atoms with Gasteiger partial charge in [-0.2, -0.15) is 0 Å². The van der Waals surface area contributed by atoms with Crippen LogP contribution in [0.25, 0.3) is 0 Å². The Bertz CT molecular complexity index is 347. The van der Waals surface area contributed by atoms with Gasteiger partial charge in [0.2, 0.25) is 0 Å². The second-order valence-corrected chi connectivity index (χ2v) is 4.65. The summed E-state index contributed by atoms with van der Waals surface area (Å²) < 4.78 is 0. The number of halogens is 2.